The molecule has 27 heavy (non-hydrogen) atoms. The second kappa shape index (κ2) is 10.4. The molecule has 1 heterocycles. The number of hydrogen-bond donors (Lipinski definition) is 1. The number of aliphatic imine (C=N–C) groups is 1. The van der Waals surface area contributed by atoms with Gasteiger partial charge in [-0.3, -0.25) is 4.99 Å². The van der Waals surface area contributed by atoms with E-state index in [2.05, 4.69) is 34.4 Å². The Labute approximate surface area is 178 Å². The largest absolute Gasteiger partial charge is 0.494 e. The van der Waals surface area contributed by atoms with Crippen LogP contribution in [0, 0.1) is 0 Å². The minimum atomic E-state index is -0.111. The van der Waals surface area contributed by atoms with E-state index in [-0.39, 0.29) is 30.0 Å². The van der Waals surface area contributed by atoms with Crippen LogP contribution in [0.15, 0.2) is 53.5 Å². The topological polar surface area (TPSA) is 46.1 Å². The molecular formula is C21H28IN3O2. The van der Waals surface area contributed by atoms with Crippen molar-refractivity contribution in [2.45, 2.75) is 19.9 Å². The van der Waals surface area contributed by atoms with Gasteiger partial charge in [-0.05, 0) is 26.0 Å². The van der Waals surface area contributed by atoms with Crippen molar-refractivity contribution in [2.75, 3.05) is 33.4 Å². The minimum absolute atomic E-state index is 0. The lowest BCUT2D eigenvalue weighted by molar-refractivity contribution is 0.328. The summed E-state index contributed by atoms with van der Waals surface area (Å²) in [5.41, 5.74) is 2.15. The molecule has 0 fully saturated rings. The fraction of sp³-hybridized carbons (Fsp3) is 0.381. The standard InChI is InChI=1S/C21H27N3O2.HI/c1-4-25-18-12-8-6-10-16(18)20(23-21-22-14-15-24(21)3)17-11-7-9-13-19(17)26-5-2;/h6-13,20H,4-5,14-15H2,1-3H3,(H,22,23);1H. The van der Waals surface area contributed by atoms with E-state index in [1.165, 1.54) is 0 Å². The average molecular weight is 481 g/mol. The fourth-order valence-electron chi connectivity index (χ4n) is 3.15. The summed E-state index contributed by atoms with van der Waals surface area (Å²) < 4.78 is 11.8. The summed E-state index contributed by atoms with van der Waals surface area (Å²) in [4.78, 5) is 6.75. The molecule has 1 N–H and O–H groups in total. The first-order valence-corrected chi connectivity index (χ1v) is 9.20. The van der Waals surface area contributed by atoms with Crippen LogP contribution in [0.5, 0.6) is 11.5 Å². The van der Waals surface area contributed by atoms with Gasteiger partial charge >= 0.3 is 0 Å². The molecule has 0 atom stereocenters. The van der Waals surface area contributed by atoms with Gasteiger partial charge in [-0.15, -0.1) is 24.0 Å². The molecule has 146 valence electrons. The third kappa shape index (κ3) is 5.06. The molecule has 2 aromatic rings. The highest BCUT2D eigenvalue weighted by molar-refractivity contribution is 14.0. The minimum Gasteiger partial charge on any atom is -0.494 e. The molecule has 0 spiro atoms. The number of hydrogen-bond acceptors (Lipinski definition) is 5. The number of para-hydroxylation sites is 2. The van der Waals surface area contributed by atoms with E-state index in [9.17, 15) is 0 Å². The monoisotopic (exact) mass is 481 g/mol. The van der Waals surface area contributed by atoms with Crippen LogP contribution in [0.1, 0.15) is 31.0 Å². The van der Waals surface area contributed by atoms with E-state index in [0.29, 0.717) is 13.2 Å². The zero-order valence-electron chi connectivity index (χ0n) is 16.1. The Hall–Kier alpha value is -1.96. The highest BCUT2D eigenvalue weighted by Gasteiger charge is 2.25. The van der Waals surface area contributed by atoms with Crippen molar-refractivity contribution in [3.63, 3.8) is 0 Å². The average Bonchev–Trinajstić information content (AvgIpc) is 3.06. The molecule has 0 amide bonds. The lowest BCUT2D eigenvalue weighted by Gasteiger charge is -2.27. The number of ether oxygens (including phenoxy) is 2. The molecule has 1 aliphatic rings. The zero-order chi connectivity index (χ0) is 18.4. The van der Waals surface area contributed by atoms with Crippen molar-refractivity contribution in [2.24, 2.45) is 4.99 Å². The molecule has 0 aromatic heterocycles. The summed E-state index contributed by atoms with van der Waals surface area (Å²) in [6.07, 6.45) is 0. The van der Waals surface area contributed by atoms with E-state index in [1.807, 2.05) is 50.2 Å². The maximum Gasteiger partial charge on any atom is 0.194 e. The second-order valence-corrected chi connectivity index (χ2v) is 6.15. The Morgan fingerprint density at radius 2 is 1.48 bits per heavy atom. The first-order chi connectivity index (χ1) is 12.7. The van der Waals surface area contributed by atoms with E-state index in [4.69, 9.17) is 9.47 Å². The third-order valence-electron chi connectivity index (χ3n) is 4.39. The highest BCUT2D eigenvalue weighted by atomic mass is 127. The van der Waals surface area contributed by atoms with Gasteiger partial charge in [0.2, 0.25) is 0 Å². The van der Waals surface area contributed by atoms with Crippen molar-refractivity contribution in [1.82, 2.24) is 10.2 Å². The molecule has 0 saturated heterocycles. The van der Waals surface area contributed by atoms with Crippen LogP contribution >= 0.6 is 24.0 Å². The molecule has 0 unspecified atom stereocenters. The summed E-state index contributed by atoms with van der Waals surface area (Å²) in [7, 11) is 2.05. The van der Waals surface area contributed by atoms with Gasteiger partial charge in [-0.1, -0.05) is 36.4 Å². The quantitative estimate of drug-likeness (QED) is 0.606. The molecule has 0 radical (unpaired) electrons. The first kappa shape index (κ1) is 21.3. The van der Waals surface area contributed by atoms with Crippen molar-refractivity contribution < 1.29 is 9.47 Å². The van der Waals surface area contributed by atoms with Gasteiger partial charge in [0, 0.05) is 24.7 Å². The van der Waals surface area contributed by atoms with Gasteiger partial charge in [0.15, 0.2) is 5.96 Å². The summed E-state index contributed by atoms with van der Waals surface area (Å²) >= 11 is 0. The molecule has 0 aliphatic carbocycles. The predicted octanol–water partition coefficient (Wildman–Crippen LogP) is 4.08. The lowest BCUT2D eigenvalue weighted by Crippen LogP contribution is -2.38. The normalized spacial score (nSPS) is 13.2. The summed E-state index contributed by atoms with van der Waals surface area (Å²) in [5, 5.41) is 3.61. The van der Waals surface area contributed by atoms with Crippen molar-refractivity contribution in [1.29, 1.82) is 0 Å². The molecule has 0 bridgehead atoms. The number of nitrogens with zero attached hydrogens (tertiary/aromatic N) is 2. The molecule has 1 aliphatic heterocycles. The Balaban J connectivity index is 0.00000261. The van der Waals surface area contributed by atoms with Gasteiger partial charge in [0.25, 0.3) is 0 Å². The molecule has 0 saturated carbocycles. The molecule has 3 rings (SSSR count). The fourth-order valence-corrected chi connectivity index (χ4v) is 3.15. The van der Waals surface area contributed by atoms with Crippen LogP contribution in [0.25, 0.3) is 0 Å². The van der Waals surface area contributed by atoms with Gasteiger partial charge in [0.05, 0.1) is 25.8 Å². The highest BCUT2D eigenvalue weighted by Crippen LogP contribution is 2.35. The second-order valence-electron chi connectivity index (χ2n) is 6.15. The van der Waals surface area contributed by atoms with Crippen LogP contribution < -0.4 is 14.8 Å². The SMILES string of the molecule is CCOc1ccccc1C(NC1=NCCN1C)c1ccccc1OCC.I. The molecule has 6 heteroatoms. The van der Waals surface area contributed by atoms with Crippen LogP contribution in [0.2, 0.25) is 0 Å². The van der Waals surface area contributed by atoms with Gasteiger partial charge in [0.1, 0.15) is 11.5 Å². The van der Waals surface area contributed by atoms with Crippen LogP contribution in [0.3, 0.4) is 0 Å². The number of guanidine groups is 1. The number of nitrogens with one attached hydrogen (secondary N) is 1. The summed E-state index contributed by atoms with van der Waals surface area (Å²) in [6.45, 7) is 6.99. The Kier molecular flexibility index (Phi) is 8.22. The number of halogens is 1. The zero-order valence-corrected chi connectivity index (χ0v) is 18.5. The Bertz CT molecular complexity index is 717. The number of rotatable bonds is 7. The van der Waals surface area contributed by atoms with Gasteiger partial charge in [-0.2, -0.15) is 0 Å². The predicted molar refractivity (Wildman–Crippen MR) is 121 cm³/mol. The first-order valence-electron chi connectivity index (χ1n) is 9.20. The molecule has 5 nitrogen and oxygen atoms in total. The maximum atomic E-state index is 5.90. The molecular weight excluding hydrogens is 453 g/mol. The van der Waals surface area contributed by atoms with Crippen LogP contribution in [-0.2, 0) is 0 Å². The van der Waals surface area contributed by atoms with Gasteiger partial charge in [-0.25, -0.2) is 0 Å². The maximum absolute atomic E-state index is 5.90. The van der Waals surface area contributed by atoms with Gasteiger partial charge < -0.3 is 19.7 Å². The lowest BCUT2D eigenvalue weighted by atomic mass is 9.97. The Morgan fingerprint density at radius 1 is 0.963 bits per heavy atom. The van der Waals surface area contributed by atoms with Crippen molar-refractivity contribution in [3.05, 3.63) is 59.7 Å². The van der Waals surface area contributed by atoms with Crippen molar-refractivity contribution >= 4 is 29.9 Å². The van der Waals surface area contributed by atoms with E-state index >= 15 is 0 Å². The van der Waals surface area contributed by atoms with Crippen molar-refractivity contribution in [3.8, 4) is 11.5 Å². The smallest absolute Gasteiger partial charge is 0.194 e. The number of likely N-dealkylation sites (N-methyl/N-ethyl adjacent to an activating group) is 1. The summed E-state index contributed by atoms with van der Waals surface area (Å²) in [6, 6.07) is 16.2. The molecule has 2 aromatic carbocycles. The van der Waals surface area contributed by atoms with Crippen LogP contribution in [0.4, 0.5) is 0 Å². The van der Waals surface area contributed by atoms with E-state index < -0.39 is 0 Å². The van der Waals surface area contributed by atoms with Crippen LogP contribution in [-0.4, -0.2) is 44.2 Å². The van der Waals surface area contributed by atoms with E-state index in [1.54, 1.807) is 0 Å². The summed E-state index contributed by atoms with van der Waals surface area (Å²) in [5.74, 6) is 2.65. The third-order valence-corrected chi connectivity index (χ3v) is 4.39. The number of benzene rings is 2. The van der Waals surface area contributed by atoms with E-state index in [0.717, 1.165) is 41.7 Å². The Morgan fingerprint density at radius 3 is 1.93 bits per heavy atom.